The number of nitrogens with zero attached hydrogens (tertiary/aromatic N) is 2. The van der Waals surface area contributed by atoms with Crippen LogP contribution in [0.25, 0.3) is 0 Å². The minimum atomic E-state index is -4.44. The van der Waals surface area contributed by atoms with Crippen LogP contribution in [0.1, 0.15) is 18.5 Å². The van der Waals surface area contributed by atoms with Gasteiger partial charge in [-0.3, -0.25) is 4.79 Å². The van der Waals surface area contributed by atoms with Crippen LogP contribution in [-0.2, 0) is 11.0 Å². The van der Waals surface area contributed by atoms with Crippen LogP contribution in [0.4, 0.5) is 18.9 Å². The predicted octanol–water partition coefficient (Wildman–Crippen LogP) is 2.40. The molecule has 0 spiro atoms. The van der Waals surface area contributed by atoms with Crippen LogP contribution in [0.15, 0.2) is 18.3 Å². The lowest BCUT2D eigenvalue weighted by molar-refractivity contribution is -0.145. The lowest BCUT2D eigenvalue weighted by Crippen LogP contribution is -2.45. The molecule has 0 aromatic carbocycles. The number of hydrogen-bond donors (Lipinski definition) is 1. The van der Waals surface area contributed by atoms with Crippen molar-refractivity contribution in [3.63, 3.8) is 0 Å². The Morgan fingerprint density at radius 2 is 2.05 bits per heavy atom. The smallest absolute Gasteiger partial charge is 0.433 e. The van der Waals surface area contributed by atoms with Gasteiger partial charge in [0.1, 0.15) is 5.69 Å². The van der Waals surface area contributed by atoms with Crippen LogP contribution in [0.3, 0.4) is 0 Å². The van der Waals surface area contributed by atoms with E-state index in [1.807, 2.05) is 0 Å². The Labute approximate surface area is 107 Å². The average molecular weight is 274 g/mol. The molecule has 0 bridgehead atoms. The van der Waals surface area contributed by atoms with E-state index in [4.69, 9.17) is 5.11 Å². The van der Waals surface area contributed by atoms with Crippen molar-refractivity contribution in [2.45, 2.75) is 25.1 Å². The van der Waals surface area contributed by atoms with Crippen LogP contribution in [0.5, 0.6) is 0 Å². The maximum absolute atomic E-state index is 12.4. The number of aliphatic carboxylic acids is 1. The summed E-state index contributed by atoms with van der Waals surface area (Å²) in [5, 5.41) is 8.77. The van der Waals surface area contributed by atoms with Crippen molar-refractivity contribution in [1.82, 2.24) is 4.98 Å². The number of rotatable bonds is 3. The minimum absolute atomic E-state index is 0.0413. The molecule has 2 rings (SSSR count). The molecule has 0 amide bonds. The van der Waals surface area contributed by atoms with Crippen LogP contribution < -0.4 is 4.90 Å². The lowest BCUT2D eigenvalue weighted by Gasteiger charge is -2.40. The normalized spacial score (nSPS) is 22.7. The number of carboxylic acid groups (broad SMARTS) is 1. The zero-order valence-electron chi connectivity index (χ0n) is 10.2. The van der Waals surface area contributed by atoms with Crippen molar-refractivity contribution in [3.8, 4) is 0 Å². The van der Waals surface area contributed by atoms with Gasteiger partial charge in [-0.15, -0.1) is 0 Å². The molecule has 0 saturated heterocycles. The van der Waals surface area contributed by atoms with E-state index < -0.39 is 17.8 Å². The van der Waals surface area contributed by atoms with E-state index in [-0.39, 0.29) is 12.0 Å². The van der Waals surface area contributed by atoms with Crippen molar-refractivity contribution in [1.29, 1.82) is 0 Å². The summed E-state index contributed by atoms with van der Waals surface area (Å²) >= 11 is 0. The topological polar surface area (TPSA) is 53.4 Å². The molecule has 1 N–H and O–H groups in total. The highest BCUT2D eigenvalue weighted by Gasteiger charge is 2.37. The molecule has 1 fully saturated rings. The van der Waals surface area contributed by atoms with E-state index >= 15 is 0 Å². The average Bonchev–Trinajstić information content (AvgIpc) is 2.25. The molecule has 4 nitrogen and oxygen atoms in total. The number of alkyl halides is 3. The molecule has 1 heterocycles. The van der Waals surface area contributed by atoms with Gasteiger partial charge in [-0.2, -0.15) is 13.2 Å². The van der Waals surface area contributed by atoms with E-state index in [0.717, 1.165) is 12.3 Å². The maximum atomic E-state index is 12.4. The zero-order valence-corrected chi connectivity index (χ0v) is 10.2. The first kappa shape index (κ1) is 13.6. The summed E-state index contributed by atoms with van der Waals surface area (Å²) in [6.45, 7) is 0. The second kappa shape index (κ2) is 4.71. The highest BCUT2D eigenvalue weighted by atomic mass is 19.4. The Bertz CT molecular complexity index is 467. The Hall–Kier alpha value is -1.79. The molecule has 1 aliphatic carbocycles. The van der Waals surface area contributed by atoms with Gasteiger partial charge in [-0.25, -0.2) is 4.98 Å². The molecule has 104 valence electrons. The fraction of sp³-hybridized carbons (Fsp3) is 0.500. The van der Waals surface area contributed by atoms with Gasteiger partial charge in [0.15, 0.2) is 0 Å². The summed E-state index contributed by atoms with van der Waals surface area (Å²) in [5.41, 5.74) is -0.372. The number of halogens is 3. The number of anilines is 1. The molecule has 0 radical (unpaired) electrons. The van der Waals surface area contributed by atoms with Gasteiger partial charge >= 0.3 is 12.1 Å². The molecule has 1 aromatic rings. The number of pyridine rings is 1. The second-order valence-corrected chi connectivity index (χ2v) is 4.67. The third-order valence-electron chi connectivity index (χ3n) is 3.46. The van der Waals surface area contributed by atoms with E-state index in [1.165, 1.54) is 6.07 Å². The monoisotopic (exact) mass is 274 g/mol. The highest BCUT2D eigenvalue weighted by molar-refractivity contribution is 5.71. The molecule has 1 saturated carbocycles. The van der Waals surface area contributed by atoms with Gasteiger partial charge in [0, 0.05) is 13.1 Å². The van der Waals surface area contributed by atoms with Crippen molar-refractivity contribution in [3.05, 3.63) is 24.0 Å². The predicted molar refractivity (Wildman–Crippen MR) is 61.8 cm³/mol. The summed E-state index contributed by atoms with van der Waals surface area (Å²) in [6, 6.07) is 2.32. The van der Waals surface area contributed by atoms with E-state index in [2.05, 4.69) is 4.98 Å². The maximum Gasteiger partial charge on any atom is 0.433 e. The van der Waals surface area contributed by atoms with Gasteiger partial charge in [0.2, 0.25) is 0 Å². The number of aromatic nitrogens is 1. The highest BCUT2D eigenvalue weighted by Crippen LogP contribution is 2.34. The van der Waals surface area contributed by atoms with Gasteiger partial charge < -0.3 is 10.0 Å². The fourth-order valence-corrected chi connectivity index (χ4v) is 2.08. The molecule has 1 aromatic heterocycles. The zero-order chi connectivity index (χ0) is 14.2. The van der Waals surface area contributed by atoms with Gasteiger partial charge in [0.25, 0.3) is 0 Å². The van der Waals surface area contributed by atoms with Crippen molar-refractivity contribution >= 4 is 11.7 Å². The molecule has 1 aliphatic rings. The van der Waals surface area contributed by atoms with E-state index in [9.17, 15) is 18.0 Å². The standard InChI is InChI=1S/C12H13F3N2O2/c1-17(9-4-7(5-9)11(18)19)8-2-3-10(16-6-8)12(13,14)15/h2-3,6-7,9H,4-5H2,1H3,(H,18,19). The van der Waals surface area contributed by atoms with Gasteiger partial charge in [-0.05, 0) is 25.0 Å². The molecule has 0 unspecified atom stereocenters. The summed E-state index contributed by atoms with van der Waals surface area (Å²) < 4.78 is 37.1. The SMILES string of the molecule is CN(c1ccc(C(F)(F)F)nc1)C1CC(C(=O)O)C1. The Balaban J connectivity index is 2.01. The van der Waals surface area contributed by atoms with E-state index in [0.29, 0.717) is 18.5 Å². The molecule has 7 heteroatoms. The summed E-state index contributed by atoms with van der Waals surface area (Å²) in [4.78, 5) is 15.8. The summed E-state index contributed by atoms with van der Waals surface area (Å²) in [5.74, 6) is -1.18. The number of carboxylic acids is 1. The quantitative estimate of drug-likeness (QED) is 0.919. The van der Waals surface area contributed by atoms with Gasteiger partial charge in [-0.1, -0.05) is 0 Å². The molecule has 19 heavy (non-hydrogen) atoms. The van der Waals surface area contributed by atoms with Gasteiger partial charge in [0.05, 0.1) is 17.8 Å². The van der Waals surface area contributed by atoms with Crippen molar-refractivity contribution in [2.75, 3.05) is 11.9 Å². The number of carbonyl (C=O) groups is 1. The van der Waals surface area contributed by atoms with Crippen LogP contribution in [0.2, 0.25) is 0 Å². The summed E-state index contributed by atoms with van der Waals surface area (Å²) in [6.07, 6.45) is -2.27. The van der Waals surface area contributed by atoms with E-state index in [1.54, 1.807) is 11.9 Å². The Morgan fingerprint density at radius 1 is 1.42 bits per heavy atom. The first-order valence-corrected chi connectivity index (χ1v) is 5.78. The molecule has 0 atom stereocenters. The number of hydrogen-bond acceptors (Lipinski definition) is 3. The molecular weight excluding hydrogens is 261 g/mol. The lowest BCUT2D eigenvalue weighted by atomic mass is 9.79. The van der Waals surface area contributed by atoms with Crippen LogP contribution in [0, 0.1) is 5.92 Å². The molecule has 0 aliphatic heterocycles. The first-order valence-electron chi connectivity index (χ1n) is 5.78. The summed E-state index contributed by atoms with van der Waals surface area (Å²) in [7, 11) is 1.73. The fourth-order valence-electron chi connectivity index (χ4n) is 2.08. The molecular formula is C12H13F3N2O2. The Morgan fingerprint density at radius 3 is 2.47 bits per heavy atom. The second-order valence-electron chi connectivity index (χ2n) is 4.67. The van der Waals surface area contributed by atoms with Crippen molar-refractivity contribution < 1.29 is 23.1 Å². The van der Waals surface area contributed by atoms with Crippen LogP contribution >= 0.6 is 0 Å². The third-order valence-corrected chi connectivity index (χ3v) is 3.46. The Kier molecular flexibility index (Phi) is 3.38. The van der Waals surface area contributed by atoms with Crippen LogP contribution in [-0.4, -0.2) is 29.1 Å². The first-order chi connectivity index (χ1) is 8.79. The third kappa shape index (κ3) is 2.80. The minimum Gasteiger partial charge on any atom is -0.481 e. The largest absolute Gasteiger partial charge is 0.481 e. The van der Waals surface area contributed by atoms with Crippen molar-refractivity contribution in [2.24, 2.45) is 5.92 Å².